The summed E-state index contributed by atoms with van der Waals surface area (Å²) in [7, 11) is 0. The fourth-order valence-electron chi connectivity index (χ4n) is 4.08. The molecule has 1 aromatic heterocycles. The molecule has 6 nitrogen and oxygen atoms in total. The fourth-order valence-corrected chi connectivity index (χ4v) is 4.08. The number of ether oxygens (including phenoxy) is 1. The number of aromatic nitrogens is 2. The van der Waals surface area contributed by atoms with E-state index in [-0.39, 0.29) is 11.6 Å². The van der Waals surface area contributed by atoms with Crippen molar-refractivity contribution in [2.75, 3.05) is 6.61 Å². The van der Waals surface area contributed by atoms with Gasteiger partial charge in [-0.15, -0.1) is 0 Å². The molecule has 3 heterocycles. The Labute approximate surface area is 156 Å². The molecule has 8 heteroatoms. The number of hydrogen-bond donors (Lipinski definition) is 3. The highest BCUT2D eigenvalue weighted by Crippen LogP contribution is 2.36. The fraction of sp³-hybridized carbons (Fsp3) is 0.526. The highest BCUT2D eigenvalue weighted by molar-refractivity contribution is 5.32. The molecule has 2 aliphatic heterocycles. The molecule has 1 fully saturated rings. The van der Waals surface area contributed by atoms with Gasteiger partial charge in [-0.25, -0.2) is 8.78 Å². The van der Waals surface area contributed by atoms with Gasteiger partial charge in [0.25, 0.3) is 0 Å². The van der Waals surface area contributed by atoms with Crippen molar-refractivity contribution >= 4 is 0 Å². The Hall–Kier alpha value is -1.87. The monoisotopic (exact) mass is 378 g/mol. The Balaban J connectivity index is 1.46. The van der Waals surface area contributed by atoms with Gasteiger partial charge in [-0.2, -0.15) is 5.10 Å². The largest absolute Gasteiger partial charge is 0.384 e. The molecule has 4 N–H and O–H groups in total. The van der Waals surface area contributed by atoms with Crippen molar-refractivity contribution in [2.45, 2.75) is 57.1 Å². The molecule has 1 aromatic carbocycles. The zero-order chi connectivity index (χ0) is 19.3. The van der Waals surface area contributed by atoms with Crippen LogP contribution in [0.5, 0.6) is 0 Å². The molecule has 0 amide bonds. The van der Waals surface area contributed by atoms with Gasteiger partial charge in [0.05, 0.1) is 18.0 Å². The minimum absolute atomic E-state index is 0.0586. The topological polar surface area (TPSA) is 87.4 Å². The third-order valence-corrected chi connectivity index (χ3v) is 5.44. The summed E-state index contributed by atoms with van der Waals surface area (Å²) in [5, 5.41) is 17.5. The average molecular weight is 378 g/mol. The minimum atomic E-state index is -1.01. The van der Waals surface area contributed by atoms with E-state index in [0.717, 1.165) is 29.5 Å². The van der Waals surface area contributed by atoms with Gasteiger partial charge < -0.3 is 15.6 Å². The first kappa shape index (κ1) is 18.5. The summed E-state index contributed by atoms with van der Waals surface area (Å²) >= 11 is 0. The Morgan fingerprint density at radius 1 is 1.33 bits per heavy atom. The number of aromatic amines is 1. The molecule has 4 rings (SSSR count). The van der Waals surface area contributed by atoms with Gasteiger partial charge in [-0.3, -0.25) is 10.00 Å². The Morgan fingerprint density at radius 2 is 2.11 bits per heavy atom. The van der Waals surface area contributed by atoms with Gasteiger partial charge in [0.1, 0.15) is 23.3 Å². The Bertz CT molecular complexity index is 849. The normalized spacial score (nSPS) is 26.4. The minimum Gasteiger partial charge on any atom is -0.384 e. The maximum atomic E-state index is 14.1. The highest BCUT2D eigenvalue weighted by atomic mass is 19.1. The Kier molecular flexibility index (Phi) is 4.54. The van der Waals surface area contributed by atoms with Gasteiger partial charge >= 0.3 is 0 Å². The van der Waals surface area contributed by atoms with Crippen molar-refractivity contribution < 1.29 is 18.6 Å². The van der Waals surface area contributed by atoms with Crippen LogP contribution in [0, 0.1) is 11.6 Å². The lowest BCUT2D eigenvalue weighted by Crippen LogP contribution is -2.47. The van der Waals surface area contributed by atoms with Crippen LogP contribution in [0.1, 0.15) is 48.9 Å². The molecule has 146 valence electrons. The summed E-state index contributed by atoms with van der Waals surface area (Å²) in [6, 6.07) is 2.96. The maximum Gasteiger partial charge on any atom is 0.129 e. The van der Waals surface area contributed by atoms with Crippen molar-refractivity contribution in [3.05, 3.63) is 52.3 Å². The van der Waals surface area contributed by atoms with Gasteiger partial charge in [0.2, 0.25) is 0 Å². The number of nitrogens with zero attached hydrogens (tertiary/aromatic N) is 2. The van der Waals surface area contributed by atoms with Crippen molar-refractivity contribution in [2.24, 2.45) is 5.73 Å². The van der Waals surface area contributed by atoms with Crippen molar-refractivity contribution in [1.82, 2.24) is 15.1 Å². The van der Waals surface area contributed by atoms with E-state index in [9.17, 15) is 13.9 Å². The molecule has 0 saturated carbocycles. The molecule has 2 aliphatic rings. The lowest BCUT2D eigenvalue weighted by atomic mass is 9.93. The second-order valence-electron chi connectivity index (χ2n) is 7.97. The predicted molar refractivity (Wildman–Crippen MR) is 94.5 cm³/mol. The molecule has 3 atom stereocenters. The van der Waals surface area contributed by atoms with Crippen LogP contribution in [0.3, 0.4) is 0 Å². The first-order chi connectivity index (χ1) is 12.7. The standard InChI is InChI=1S/C19H24F2N4O2/c1-19(2,26)18-13-7-25(8-16(13)23-24-18)11-6-15(22)17(27-9-11)12-5-10(20)3-4-14(12)21/h3-5,11,15,17,26H,6-9,22H2,1-2H3,(H,23,24). The summed E-state index contributed by atoms with van der Waals surface area (Å²) in [6.07, 6.45) is -0.0538. The van der Waals surface area contributed by atoms with Crippen molar-refractivity contribution in [3.63, 3.8) is 0 Å². The number of aliphatic hydroxyl groups is 1. The smallest absolute Gasteiger partial charge is 0.129 e. The van der Waals surface area contributed by atoms with E-state index >= 15 is 0 Å². The molecule has 0 spiro atoms. The maximum absolute atomic E-state index is 14.1. The van der Waals surface area contributed by atoms with Crippen LogP contribution in [-0.2, 0) is 23.4 Å². The molecule has 1 saturated heterocycles. The van der Waals surface area contributed by atoms with Crippen molar-refractivity contribution in [3.8, 4) is 0 Å². The van der Waals surface area contributed by atoms with E-state index in [1.165, 1.54) is 0 Å². The van der Waals surface area contributed by atoms with E-state index < -0.39 is 29.4 Å². The number of fused-ring (bicyclic) bond motifs is 1. The third kappa shape index (κ3) is 3.38. The van der Waals surface area contributed by atoms with Crippen LogP contribution in [0.2, 0.25) is 0 Å². The number of nitrogens with one attached hydrogen (secondary N) is 1. The first-order valence-corrected chi connectivity index (χ1v) is 9.09. The van der Waals surface area contributed by atoms with Gasteiger partial charge in [0, 0.05) is 36.3 Å². The van der Waals surface area contributed by atoms with Gasteiger partial charge in [-0.1, -0.05) is 0 Å². The number of rotatable bonds is 3. The van der Waals surface area contributed by atoms with E-state index in [1.54, 1.807) is 13.8 Å². The summed E-state index contributed by atoms with van der Waals surface area (Å²) in [4.78, 5) is 2.22. The summed E-state index contributed by atoms with van der Waals surface area (Å²) in [5.74, 6) is -1.01. The van der Waals surface area contributed by atoms with Crippen LogP contribution >= 0.6 is 0 Å². The van der Waals surface area contributed by atoms with E-state index in [1.807, 2.05) is 0 Å². The SMILES string of the molecule is CC(C)(O)c1n[nH]c2c1CN(C1COC(c3cc(F)ccc3F)C(N)C1)C2. The van der Waals surface area contributed by atoms with E-state index in [2.05, 4.69) is 15.1 Å². The van der Waals surface area contributed by atoms with Gasteiger partial charge in [-0.05, 0) is 38.5 Å². The summed E-state index contributed by atoms with van der Waals surface area (Å²) in [6.45, 7) is 5.11. The first-order valence-electron chi connectivity index (χ1n) is 9.09. The number of hydrogen-bond acceptors (Lipinski definition) is 5. The van der Waals surface area contributed by atoms with Crippen LogP contribution in [-0.4, -0.2) is 38.9 Å². The molecule has 3 unspecified atom stereocenters. The molecule has 2 aromatic rings. The molecule has 27 heavy (non-hydrogen) atoms. The predicted octanol–water partition coefficient (Wildman–Crippen LogP) is 2.09. The number of halogens is 2. The second kappa shape index (κ2) is 6.63. The van der Waals surface area contributed by atoms with Crippen LogP contribution in [0.4, 0.5) is 8.78 Å². The molecular weight excluding hydrogens is 354 g/mol. The number of benzene rings is 1. The van der Waals surface area contributed by atoms with Crippen molar-refractivity contribution in [1.29, 1.82) is 0 Å². The lowest BCUT2D eigenvalue weighted by molar-refractivity contribution is -0.0535. The molecule has 0 bridgehead atoms. The lowest BCUT2D eigenvalue weighted by Gasteiger charge is -2.38. The number of H-pyrrole nitrogens is 1. The second-order valence-corrected chi connectivity index (χ2v) is 7.97. The van der Waals surface area contributed by atoms with E-state index in [4.69, 9.17) is 10.5 Å². The van der Waals surface area contributed by atoms with Crippen LogP contribution in [0.15, 0.2) is 18.2 Å². The van der Waals surface area contributed by atoms with Crippen LogP contribution < -0.4 is 5.73 Å². The third-order valence-electron chi connectivity index (χ3n) is 5.44. The summed E-state index contributed by atoms with van der Waals surface area (Å²) in [5.41, 5.74) is 8.07. The Morgan fingerprint density at radius 3 is 2.81 bits per heavy atom. The quantitative estimate of drug-likeness (QED) is 0.761. The number of nitrogens with two attached hydrogens (primary N) is 1. The van der Waals surface area contributed by atoms with E-state index in [0.29, 0.717) is 31.8 Å². The average Bonchev–Trinajstić information content (AvgIpc) is 3.16. The summed E-state index contributed by atoms with van der Waals surface area (Å²) < 4.78 is 33.4. The van der Waals surface area contributed by atoms with Gasteiger partial charge in [0.15, 0.2) is 0 Å². The van der Waals surface area contributed by atoms with Crippen LogP contribution in [0.25, 0.3) is 0 Å². The molecular formula is C19H24F2N4O2. The zero-order valence-electron chi connectivity index (χ0n) is 15.4. The molecule has 0 radical (unpaired) electrons. The molecule has 0 aliphatic carbocycles. The highest BCUT2D eigenvalue weighted by Gasteiger charge is 2.38. The zero-order valence-corrected chi connectivity index (χ0v) is 15.4.